The van der Waals surface area contributed by atoms with Crippen LogP contribution in [-0.4, -0.2) is 23.8 Å². The average Bonchev–Trinajstić information content (AvgIpc) is 2.94. The normalized spacial score (nSPS) is 27.9. The lowest BCUT2D eigenvalue weighted by molar-refractivity contribution is 0.00304. The number of carbonyl (C=O) groups excluding carboxylic acids is 1. The third-order valence-electron chi connectivity index (χ3n) is 4.25. The molecule has 112 valence electrons. The second-order valence-corrected chi connectivity index (χ2v) is 5.98. The van der Waals surface area contributed by atoms with Gasteiger partial charge in [0.1, 0.15) is 5.76 Å². The summed E-state index contributed by atoms with van der Waals surface area (Å²) >= 11 is 0. The van der Waals surface area contributed by atoms with Crippen LogP contribution in [0.5, 0.6) is 0 Å². The van der Waals surface area contributed by atoms with Crippen molar-refractivity contribution in [2.24, 2.45) is 5.41 Å². The first-order valence-corrected chi connectivity index (χ1v) is 7.27. The predicted molar refractivity (Wildman–Crippen MR) is 76.2 cm³/mol. The summed E-state index contributed by atoms with van der Waals surface area (Å²) in [5.41, 5.74) is -0.219. The third kappa shape index (κ3) is 3.54. The Hall–Kier alpha value is -1.49. The number of nitrogens with one attached hydrogen (secondary N) is 2. The number of aliphatic hydroxyl groups is 1. The Kier molecular flexibility index (Phi) is 4.70. The summed E-state index contributed by atoms with van der Waals surface area (Å²) in [5.74, 6) is 0.726. The van der Waals surface area contributed by atoms with Gasteiger partial charge >= 0.3 is 6.03 Å². The van der Waals surface area contributed by atoms with E-state index in [0.29, 0.717) is 6.54 Å². The zero-order valence-electron chi connectivity index (χ0n) is 12.2. The van der Waals surface area contributed by atoms with Crippen LogP contribution in [0, 0.1) is 5.41 Å². The number of amides is 2. The van der Waals surface area contributed by atoms with Crippen LogP contribution in [0.3, 0.4) is 0 Å². The monoisotopic (exact) mass is 280 g/mol. The van der Waals surface area contributed by atoms with E-state index >= 15 is 0 Å². The first-order valence-electron chi connectivity index (χ1n) is 7.27. The smallest absolute Gasteiger partial charge is 0.315 e. The SMILES string of the molecule is CC(NC(=O)NCC1(C)CCCCC1O)c1ccco1. The lowest BCUT2D eigenvalue weighted by Crippen LogP contribution is -2.48. The molecule has 2 amide bonds. The summed E-state index contributed by atoms with van der Waals surface area (Å²) in [5, 5.41) is 15.8. The van der Waals surface area contributed by atoms with Crippen molar-refractivity contribution in [3.63, 3.8) is 0 Å². The number of carbonyl (C=O) groups is 1. The summed E-state index contributed by atoms with van der Waals surface area (Å²) in [7, 11) is 0. The molecule has 3 unspecified atom stereocenters. The van der Waals surface area contributed by atoms with Gasteiger partial charge in [-0.3, -0.25) is 0 Å². The van der Waals surface area contributed by atoms with Crippen molar-refractivity contribution in [2.45, 2.75) is 51.7 Å². The summed E-state index contributed by atoms with van der Waals surface area (Å²) in [4.78, 5) is 11.9. The molecule has 1 aliphatic rings. The molecule has 3 atom stereocenters. The molecular weight excluding hydrogens is 256 g/mol. The number of urea groups is 1. The molecule has 1 heterocycles. The fraction of sp³-hybridized carbons (Fsp3) is 0.667. The van der Waals surface area contributed by atoms with Crippen LogP contribution in [-0.2, 0) is 0 Å². The fourth-order valence-electron chi connectivity index (χ4n) is 2.73. The van der Waals surface area contributed by atoms with Gasteiger partial charge in [-0.2, -0.15) is 0 Å². The van der Waals surface area contributed by atoms with Gasteiger partial charge in [0, 0.05) is 12.0 Å². The molecule has 0 aliphatic heterocycles. The molecule has 3 N–H and O–H groups in total. The van der Waals surface area contributed by atoms with Crippen molar-refractivity contribution in [3.8, 4) is 0 Å². The van der Waals surface area contributed by atoms with Crippen LogP contribution in [0.15, 0.2) is 22.8 Å². The minimum absolute atomic E-state index is 0.172. The molecular formula is C15H24N2O3. The van der Waals surface area contributed by atoms with E-state index in [1.807, 2.05) is 19.9 Å². The number of hydrogen-bond donors (Lipinski definition) is 3. The van der Waals surface area contributed by atoms with Gasteiger partial charge in [-0.05, 0) is 31.9 Å². The quantitative estimate of drug-likeness (QED) is 0.793. The molecule has 0 radical (unpaired) electrons. The summed E-state index contributed by atoms with van der Waals surface area (Å²) in [6, 6.07) is 3.23. The lowest BCUT2D eigenvalue weighted by atomic mass is 9.73. The molecule has 0 aromatic carbocycles. The molecule has 1 aliphatic carbocycles. The fourth-order valence-corrected chi connectivity index (χ4v) is 2.73. The average molecular weight is 280 g/mol. The summed E-state index contributed by atoms with van der Waals surface area (Å²) in [6.45, 7) is 4.40. The highest BCUT2D eigenvalue weighted by Gasteiger charge is 2.35. The lowest BCUT2D eigenvalue weighted by Gasteiger charge is -2.38. The Bertz CT molecular complexity index is 432. The largest absolute Gasteiger partial charge is 0.467 e. The van der Waals surface area contributed by atoms with Crippen molar-refractivity contribution in [1.82, 2.24) is 10.6 Å². The van der Waals surface area contributed by atoms with E-state index in [4.69, 9.17) is 4.42 Å². The third-order valence-corrected chi connectivity index (χ3v) is 4.25. The molecule has 1 aromatic rings. The molecule has 5 heteroatoms. The van der Waals surface area contributed by atoms with Crippen molar-refractivity contribution >= 4 is 6.03 Å². The van der Waals surface area contributed by atoms with Gasteiger partial charge in [0.15, 0.2) is 0 Å². The topological polar surface area (TPSA) is 74.5 Å². The minimum Gasteiger partial charge on any atom is -0.467 e. The zero-order chi connectivity index (χ0) is 14.6. The van der Waals surface area contributed by atoms with Crippen LogP contribution >= 0.6 is 0 Å². The highest BCUT2D eigenvalue weighted by atomic mass is 16.3. The number of furan rings is 1. The second kappa shape index (κ2) is 6.31. The number of hydrogen-bond acceptors (Lipinski definition) is 3. The van der Waals surface area contributed by atoms with Crippen molar-refractivity contribution in [3.05, 3.63) is 24.2 Å². The maximum atomic E-state index is 11.9. The molecule has 0 bridgehead atoms. The van der Waals surface area contributed by atoms with Gasteiger partial charge in [0.25, 0.3) is 0 Å². The van der Waals surface area contributed by atoms with E-state index in [0.717, 1.165) is 31.4 Å². The van der Waals surface area contributed by atoms with Crippen molar-refractivity contribution < 1.29 is 14.3 Å². The van der Waals surface area contributed by atoms with Crippen LogP contribution in [0.25, 0.3) is 0 Å². The summed E-state index contributed by atoms with van der Waals surface area (Å²) < 4.78 is 5.25. The van der Waals surface area contributed by atoms with Gasteiger partial charge < -0.3 is 20.2 Å². The van der Waals surface area contributed by atoms with E-state index in [2.05, 4.69) is 10.6 Å². The maximum absolute atomic E-state index is 11.9. The van der Waals surface area contributed by atoms with Crippen molar-refractivity contribution in [1.29, 1.82) is 0 Å². The predicted octanol–water partition coefficient (Wildman–Crippen LogP) is 2.58. The van der Waals surface area contributed by atoms with Gasteiger partial charge in [-0.1, -0.05) is 19.8 Å². The van der Waals surface area contributed by atoms with Crippen LogP contribution in [0.1, 0.15) is 51.3 Å². The van der Waals surface area contributed by atoms with Crippen LogP contribution in [0.4, 0.5) is 4.79 Å². The maximum Gasteiger partial charge on any atom is 0.315 e. The zero-order valence-corrected chi connectivity index (χ0v) is 12.2. The molecule has 1 saturated carbocycles. The number of aliphatic hydroxyl groups excluding tert-OH is 1. The second-order valence-electron chi connectivity index (χ2n) is 5.98. The first-order chi connectivity index (χ1) is 9.51. The van der Waals surface area contributed by atoms with Crippen LogP contribution in [0.2, 0.25) is 0 Å². The highest BCUT2D eigenvalue weighted by molar-refractivity contribution is 5.74. The minimum atomic E-state index is -0.334. The molecule has 5 nitrogen and oxygen atoms in total. The molecule has 1 fully saturated rings. The van der Waals surface area contributed by atoms with E-state index < -0.39 is 0 Å². The Balaban J connectivity index is 1.80. The van der Waals surface area contributed by atoms with Gasteiger partial charge in [-0.25, -0.2) is 4.79 Å². The van der Waals surface area contributed by atoms with E-state index in [1.54, 1.807) is 12.3 Å². The molecule has 1 aromatic heterocycles. The number of rotatable bonds is 4. The van der Waals surface area contributed by atoms with Gasteiger partial charge in [0.2, 0.25) is 0 Å². The van der Waals surface area contributed by atoms with Crippen LogP contribution < -0.4 is 10.6 Å². The van der Waals surface area contributed by atoms with Gasteiger partial charge in [-0.15, -0.1) is 0 Å². The van der Waals surface area contributed by atoms with Crippen molar-refractivity contribution in [2.75, 3.05) is 6.54 Å². The molecule has 20 heavy (non-hydrogen) atoms. The summed E-state index contributed by atoms with van der Waals surface area (Å²) in [6.07, 6.45) is 5.20. The highest BCUT2D eigenvalue weighted by Crippen LogP contribution is 2.35. The Labute approximate surface area is 119 Å². The molecule has 0 saturated heterocycles. The Morgan fingerprint density at radius 1 is 1.60 bits per heavy atom. The van der Waals surface area contributed by atoms with E-state index in [1.165, 1.54) is 0 Å². The first kappa shape index (κ1) is 14.9. The molecule has 2 rings (SSSR count). The Morgan fingerprint density at radius 3 is 3.05 bits per heavy atom. The van der Waals surface area contributed by atoms with Gasteiger partial charge in [0.05, 0.1) is 18.4 Å². The Morgan fingerprint density at radius 2 is 2.40 bits per heavy atom. The van der Waals surface area contributed by atoms with E-state index in [-0.39, 0.29) is 23.6 Å². The molecule has 0 spiro atoms. The van der Waals surface area contributed by atoms with E-state index in [9.17, 15) is 9.90 Å². The standard InChI is InChI=1S/C15H24N2O3/c1-11(12-6-5-9-20-12)17-14(19)16-10-15(2)8-4-3-7-13(15)18/h5-6,9,11,13,18H,3-4,7-8,10H2,1-2H3,(H2,16,17,19).